The van der Waals surface area contributed by atoms with E-state index in [-0.39, 0.29) is 0 Å². The topological polar surface area (TPSA) is 0 Å². The Hall–Kier alpha value is 0.440. The van der Waals surface area contributed by atoms with E-state index < -0.39 is 0 Å². The molecule has 0 radical (unpaired) electrons. The van der Waals surface area contributed by atoms with Gasteiger partial charge in [-0.25, -0.2) is 0 Å². The van der Waals surface area contributed by atoms with Gasteiger partial charge in [-0.05, 0) is 11.8 Å². The molecule has 0 atom stereocenters. The quantitative estimate of drug-likeness (QED) is 0.428. The van der Waals surface area contributed by atoms with Gasteiger partial charge in [0.25, 0.3) is 0 Å². The van der Waals surface area contributed by atoms with Gasteiger partial charge in [0.2, 0.25) is 0 Å². The van der Waals surface area contributed by atoms with E-state index in [9.17, 15) is 0 Å². The van der Waals surface area contributed by atoms with Crippen LogP contribution in [0, 0.1) is 0 Å². The average molecular weight is 134 g/mol. The molecule has 0 rings (SSSR count). The van der Waals surface area contributed by atoms with Crippen molar-refractivity contribution in [1.29, 1.82) is 0 Å². The summed E-state index contributed by atoms with van der Waals surface area (Å²) in [6.45, 7) is 5.75. The fourth-order valence-corrected chi connectivity index (χ4v) is 1.62. The molecule has 2 heteroatoms. The van der Waals surface area contributed by atoms with Gasteiger partial charge >= 0.3 is 0 Å². The van der Waals surface area contributed by atoms with Crippen molar-refractivity contribution in [2.75, 3.05) is 5.75 Å². The molecule has 0 saturated carbocycles. The smallest absolute Gasteiger partial charge is 0.00375 e. The van der Waals surface area contributed by atoms with E-state index in [1.54, 1.807) is 10.8 Å². The molecular weight excluding hydrogens is 124 g/mol. The Morgan fingerprint density at radius 3 is 2.86 bits per heavy atom. The summed E-state index contributed by atoms with van der Waals surface area (Å²) in [4.78, 5) is 0. The molecule has 0 fully saturated rings. The van der Waals surface area contributed by atoms with Gasteiger partial charge in [0.15, 0.2) is 0 Å². The van der Waals surface area contributed by atoms with Crippen molar-refractivity contribution in [3.8, 4) is 0 Å². The van der Waals surface area contributed by atoms with Gasteiger partial charge in [-0.15, -0.1) is 0 Å². The van der Waals surface area contributed by atoms with E-state index in [4.69, 9.17) is 0 Å². The minimum absolute atomic E-state index is 1.23. The molecule has 0 aromatic rings. The van der Waals surface area contributed by atoms with Crippen LogP contribution in [-0.4, -0.2) is 5.75 Å². The zero-order valence-corrected chi connectivity index (χ0v) is 6.15. The minimum atomic E-state index is 1.23. The fraction of sp³-hybridized carbons (Fsp3) is 0.600. The zero-order chi connectivity index (χ0) is 5.54. The Balaban J connectivity index is 2.56. The van der Waals surface area contributed by atoms with Gasteiger partial charge in [-0.3, -0.25) is 0 Å². The second kappa shape index (κ2) is 6.44. The molecule has 0 aromatic heterocycles. The maximum Gasteiger partial charge on any atom is 0.00375 e. The third-order valence-corrected chi connectivity index (χ3v) is 2.59. The Kier molecular flexibility index (Phi) is 6.84. The molecule has 0 unspecified atom stereocenters. The van der Waals surface area contributed by atoms with E-state index in [1.807, 2.05) is 16.2 Å². The fourth-order valence-electron chi connectivity index (χ4n) is 0.180. The van der Waals surface area contributed by atoms with Crippen LogP contribution in [0.25, 0.3) is 0 Å². The summed E-state index contributed by atoms with van der Waals surface area (Å²) < 4.78 is 0. The zero-order valence-electron chi connectivity index (χ0n) is 4.52. The number of hydrogen-bond donors (Lipinski definition) is 0. The van der Waals surface area contributed by atoms with Crippen LogP contribution in [0.3, 0.4) is 0 Å². The van der Waals surface area contributed by atoms with Crippen LogP contribution in [-0.2, 0) is 0 Å². The molecule has 0 heterocycles. The SMILES string of the molecule is C=CSSCCC. The average Bonchev–Trinajstić information content (AvgIpc) is 1.69. The molecule has 0 aromatic carbocycles. The third kappa shape index (κ3) is 6.44. The van der Waals surface area contributed by atoms with Gasteiger partial charge in [0, 0.05) is 5.75 Å². The first kappa shape index (κ1) is 7.44. The summed E-state index contributed by atoms with van der Waals surface area (Å²) in [7, 11) is 3.57. The van der Waals surface area contributed by atoms with E-state index >= 15 is 0 Å². The lowest BCUT2D eigenvalue weighted by atomic mass is 10.6. The highest BCUT2D eigenvalue weighted by Crippen LogP contribution is 2.21. The van der Waals surface area contributed by atoms with Crippen molar-refractivity contribution < 1.29 is 0 Å². The highest BCUT2D eigenvalue weighted by Gasteiger charge is 1.78. The van der Waals surface area contributed by atoms with Crippen molar-refractivity contribution >= 4 is 21.6 Å². The second-order valence-electron chi connectivity index (χ2n) is 1.08. The Labute approximate surface area is 53.2 Å². The summed E-state index contributed by atoms with van der Waals surface area (Å²) in [5, 5.41) is 1.86. The lowest BCUT2D eigenvalue weighted by Gasteiger charge is -1.87. The molecule has 0 nitrogen and oxygen atoms in total. The van der Waals surface area contributed by atoms with Crippen molar-refractivity contribution in [2.24, 2.45) is 0 Å². The molecule has 0 aliphatic carbocycles. The summed E-state index contributed by atoms with van der Waals surface area (Å²) in [6, 6.07) is 0. The van der Waals surface area contributed by atoms with Crippen LogP contribution in [0.5, 0.6) is 0 Å². The molecule has 0 bridgehead atoms. The number of hydrogen-bond acceptors (Lipinski definition) is 2. The molecule has 0 saturated heterocycles. The molecule has 0 amide bonds. The van der Waals surface area contributed by atoms with Gasteiger partial charge in [0.1, 0.15) is 0 Å². The van der Waals surface area contributed by atoms with Gasteiger partial charge in [-0.2, -0.15) is 0 Å². The van der Waals surface area contributed by atoms with Crippen LogP contribution >= 0.6 is 21.6 Å². The summed E-state index contributed by atoms with van der Waals surface area (Å²) >= 11 is 0. The van der Waals surface area contributed by atoms with E-state index in [1.165, 1.54) is 12.2 Å². The monoisotopic (exact) mass is 134 g/mol. The predicted molar refractivity (Wildman–Crippen MR) is 40.5 cm³/mol. The highest BCUT2D eigenvalue weighted by atomic mass is 33.1. The summed E-state index contributed by atoms with van der Waals surface area (Å²) in [6.07, 6.45) is 1.26. The molecule has 0 N–H and O–H groups in total. The second-order valence-corrected chi connectivity index (χ2v) is 3.54. The standard InChI is InChI=1S/C5H10S2/c1-3-5-7-6-4-2/h4H,2-3,5H2,1H3. The third-order valence-electron chi connectivity index (χ3n) is 0.424. The lowest BCUT2D eigenvalue weighted by molar-refractivity contribution is 1.11. The first-order valence-electron chi connectivity index (χ1n) is 2.31. The van der Waals surface area contributed by atoms with Crippen LogP contribution in [0.2, 0.25) is 0 Å². The van der Waals surface area contributed by atoms with Crippen LogP contribution in [0.15, 0.2) is 12.0 Å². The van der Waals surface area contributed by atoms with Gasteiger partial charge in [-0.1, -0.05) is 35.1 Å². The Morgan fingerprint density at radius 1 is 1.71 bits per heavy atom. The van der Waals surface area contributed by atoms with Crippen molar-refractivity contribution in [2.45, 2.75) is 13.3 Å². The van der Waals surface area contributed by atoms with Crippen LogP contribution < -0.4 is 0 Å². The van der Waals surface area contributed by atoms with Crippen molar-refractivity contribution in [1.82, 2.24) is 0 Å². The van der Waals surface area contributed by atoms with Gasteiger partial charge in [0.05, 0.1) is 0 Å². The molecule has 0 aliphatic rings. The first-order valence-corrected chi connectivity index (χ1v) is 4.69. The molecule has 0 aliphatic heterocycles. The maximum atomic E-state index is 3.57. The largest absolute Gasteiger partial charge is 0.0919 e. The van der Waals surface area contributed by atoms with E-state index in [2.05, 4.69) is 13.5 Å². The van der Waals surface area contributed by atoms with Gasteiger partial charge < -0.3 is 0 Å². The van der Waals surface area contributed by atoms with Crippen LogP contribution in [0.4, 0.5) is 0 Å². The van der Waals surface area contributed by atoms with E-state index in [0.717, 1.165) is 0 Å². The summed E-state index contributed by atoms with van der Waals surface area (Å²) in [5.74, 6) is 1.23. The molecule has 7 heavy (non-hydrogen) atoms. The molecule has 0 spiro atoms. The summed E-state index contributed by atoms with van der Waals surface area (Å²) in [5.41, 5.74) is 0. The normalized spacial score (nSPS) is 8.71. The Morgan fingerprint density at radius 2 is 2.43 bits per heavy atom. The molecular formula is C5H10S2. The lowest BCUT2D eigenvalue weighted by Crippen LogP contribution is -1.63. The van der Waals surface area contributed by atoms with Crippen LogP contribution in [0.1, 0.15) is 13.3 Å². The number of rotatable bonds is 4. The van der Waals surface area contributed by atoms with Crippen molar-refractivity contribution in [3.05, 3.63) is 12.0 Å². The van der Waals surface area contributed by atoms with Crippen molar-refractivity contribution in [3.63, 3.8) is 0 Å². The van der Waals surface area contributed by atoms with E-state index in [0.29, 0.717) is 0 Å². The predicted octanol–water partition coefficient (Wildman–Crippen LogP) is 2.92. The minimum Gasteiger partial charge on any atom is -0.0919 e. The maximum absolute atomic E-state index is 3.57. The Bertz CT molecular complexity index is 43.3. The molecule has 42 valence electrons. The first-order chi connectivity index (χ1) is 3.41. The highest BCUT2D eigenvalue weighted by molar-refractivity contribution is 8.77.